The number of carbonyl (C=O) groups excluding carboxylic acids is 2. The molecule has 2 amide bonds. The molecule has 8 nitrogen and oxygen atoms in total. The second-order valence-corrected chi connectivity index (χ2v) is 8.16. The number of hydrogen-bond donors (Lipinski definition) is 4. The first-order chi connectivity index (χ1) is 14.9. The number of carbonyl (C=O) groups is 2. The maximum atomic E-state index is 13.3. The molecule has 0 saturated carbocycles. The molecule has 31 heavy (non-hydrogen) atoms. The van der Waals surface area contributed by atoms with Crippen molar-refractivity contribution in [3.05, 3.63) is 46.9 Å². The molecule has 1 aromatic rings. The van der Waals surface area contributed by atoms with Gasteiger partial charge in [0.15, 0.2) is 0 Å². The highest BCUT2D eigenvalue weighted by Crippen LogP contribution is 2.17. The van der Waals surface area contributed by atoms with E-state index in [2.05, 4.69) is 16.0 Å². The van der Waals surface area contributed by atoms with Crippen LogP contribution in [0.4, 0.5) is 4.39 Å². The number of aliphatic hydroxyl groups is 1. The molecule has 0 radical (unpaired) electrons. The second kappa shape index (κ2) is 12.9. The van der Waals surface area contributed by atoms with E-state index in [1.807, 2.05) is 0 Å². The van der Waals surface area contributed by atoms with Gasteiger partial charge in [-0.05, 0) is 38.0 Å². The molecule has 0 aromatic heterocycles. The van der Waals surface area contributed by atoms with Crippen LogP contribution in [0.3, 0.4) is 0 Å². The largest absolute Gasteiger partial charge is 0.394 e. The summed E-state index contributed by atoms with van der Waals surface area (Å²) in [5.74, 6) is 0.133. The van der Waals surface area contributed by atoms with E-state index in [0.29, 0.717) is 30.2 Å². The van der Waals surface area contributed by atoms with Crippen LogP contribution in [0.2, 0.25) is 0 Å². The predicted molar refractivity (Wildman–Crippen MR) is 116 cm³/mol. The zero-order valence-electron chi connectivity index (χ0n) is 17.3. The predicted octanol–water partition coefficient (Wildman–Crippen LogP) is 1.27. The Kier molecular flexibility index (Phi) is 10.3. The number of thioether (sulfide) groups is 1. The van der Waals surface area contributed by atoms with Gasteiger partial charge in [-0.2, -0.15) is 17.0 Å². The molecule has 1 aromatic carbocycles. The van der Waals surface area contributed by atoms with Gasteiger partial charge < -0.3 is 25.8 Å². The molecule has 1 heterocycles. The first-order valence-corrected chi connectivity index (χ1v) is 11.1. The molecule has 1 fully saturated rings. The van der Waals surface area contributed by atoms with Crippen molar-refractivity contribution in [1.82, 2.24) is 16.0 Å². The summed E-state index contributed by atoms with van der Waals surface area (Å²) in [6, 6.07) is 5.37. The zero-order chi connectivity index (χ0) is 22.6. The number of halogens is 1. The first kappa shape index (κ1) is 24.7. The number of ether oxygens (including phenoxy) is 1. The Morgan fingerprint density at radius 1 is 1.32 bits per heavy atom. The Hall–Kier alpha value is -2.61. The average molecular weight is 451 g/mol. The van der Waals surface area contributed by atoms with Gasteiger partial charge in [-0.3, -0.25) is 9.59 Å². The standard InChI is InChI=1S/C21H27FN4O4S/c1-14(12-26-19-5-3-17(13-27)30-19)20(28)24-6-8-31-9-7-25-21(29)15-2-4-18(22)16(10-15)11-23/h2,4,10,12,17,19,26-27H,3,5-9,13H2,1H3,(H,24,28)(H,25,29)/b14-12-/t17-,19+/m0/s1. The Bertz CT molecular complexity index is 843. The minimum atomic E-state index is -0.653. The van der Waals surface area contributed by atoms with Crippen LogP contribution in [0.25, 0.3) is 0 Å². The number of nitrogens with one attached hydrogen (secondary N) is 3. The van der Waals surface area contributed by atoms with E-state index >= 15 is 0 Å². The molecular weight excluding hydrogens is 423 g/mol. The number of nitriles is 1. The third-order valence-electron chi connectivity index (χ3n) is 4.57. The van der Waals surface area contributed by atoms with Crippen LogP contribution in [0, 0.1) is 17.1 Å². The molecule has 168 valence electrons. The summed E-state index contributed by atoms with van der Waals surface area (Å²) in [4.78, 5) is 24.1. The summed E-state index contributed by atoms with van der Waals surface area (Å²) < 4.78 is 18.8. The maximum Gasteiger partial charge on any atom is 0.251 e. The molecule has 1 saturated heterocycles. The van der Waals surface area contributed by atoms with E-state index in [1.54, 1.807) is 31.0 Å². The highest BCUT2D eigenvalue weighted by Gasteiger charge is 2.23. The topological polar surface area (TPSA) is 123 Å². The van der Waals surface area contributed by atoms with Crippen LogP contribution < -0.4 is 16.0 Å². The number of amides is 2. The highest BCUT2D eigenvalue weighted by atomic mass is 32.2. The molecule has 2 rings (SSSR count). The molecule has 4 N–H and O–H groups in total. The molecule has 1 aliphatic rings. The Morgan fingerprint density at radius 3 is 2.74 bits per heavy atom. The Labute approximate surface area is 185 Å². The fourth-order valence-corrected chi connectivity index (χ4v) is 3.51. The Balaban J connectivity index is 1.56. The van der Waals surface area contributed by atoms with Gasteiger partial charge in [-0.1, -0.05) is 0 Å². The summed E-state index contributed by atoms with van der Waals surface area (Å²) >= 11 is 1.57. The fourth-order valence-electron chi connectivity index (χ4n) is 2.82. The van der Waals surface area contributed by atoms with E-state index in [-0.39, 0.29) is 41.9 Å². The third kappa shape index (κ3) is 8.20. The number of hydrogen-bond acceptors (Lipinski definition) is 7. The third-order valence-corrected chi connectivity index (χ3v) is 5.55. The summed E-state index contributed by atoms with van der Waals surface area (Å²) in [5, 5.41) is 26.4. The van der Waals surface area contributed by atoms with Gasteiger partial charge in [0.25, 0.3) is 5.91 Å². The van der Waals surface area contributed by atoms with Crippen molar-refractivity contribution >= 4 is 23.6 Å². The van der Waals surface area contributed by atoms with Crippen molar-refractivity contribution in [2.24, 2.45) is 0 Å². The number of nitrogens with zero attached hydrogens (tertiary/aromatic N) is 1. The lowest BCUT2D eigenvalue weighted by Gasteiger charge is -2.13. The van der Waals surface area contributed by atoms with E-state index in [0.717, 1.165) is 18.9 Å². The van der Waals surface area contributed by atoms with Gasteiger partial charge in [0, 0.05) is 41.9 Å². The van der Waals surface area contributed by atoms with E-state index in [1.165, 1.54) is 12.1 Å². The van der Waals surface area contributed by atoms with Crippen molar-refractivity contribution in [3.8, 4) is 6.07 Å². The van der Waals surface area contributed by atoms with Crippen LogP contribution in [-0.4, -0.2) is 60.5 Å². The molecule has 0 spiro atoms. The molecule has 2 atom stereocenters. The van der Waals surface area contributed by atoms with Gasteiger partial charge in [0.2, 0.25) is 5.91 Å². The smallest absolute Gasteiger partial charge is 0.251 e. The molecule has 10 heteroatoms. The van der Waals surface area contributed by atoms with Crippen LogP contribution in [0.5, 0.6) is 0 Å². The molecule has 1 aliphatic heterocycles. The van der Waals surface area contributed by atoms with Crippen molar-refractivity contribution in [2.75, 3.05) is 31.2 Å². The minimum absolute atomic E-state index is 0.00290. The van der Waals surface area contributed by atoms with Crippen molar-refractivity contribution in [1.29, 1.82) is 5.26 Å². The van der Waals surface area contributed by atoms with Gasteiger partial charge >= 0.3 is 0 Å². The van der Waals surface area contributed by atoms with Crippen molar-refractivity contribution in [3.63, 3.8) is 0 Å². The number of benzene rings is 1. The lowest BCUT2D eigenvalue weighted by Crippen LogP contribution is -2.30. The summed E-state index contributed by atoms with van der Waals surface area (Å²) in [6.45, 7) is 2.60. The maximum absolute atomic E-state index is 13.3. The van der Waals surface area contributed by atoms with Crippen LogP contribution >= 0.6 is 11.8 Å². The average Bonchev–Trinajstić information content (AvgIpc) is 3.24. The number of rotatable bonds is 11. The second-order valence-electron chi connectivity index (χ2n) is 6.93. The van der Waals surface area contributed by atoms with Crippen LogP contribution in [0.1, 0.15) is 35.7 Å². The first-order valence-electron chi connectivity index (χ1n) is 9.97. The van der Waals surface area contributed by atoms with Crippen LogP contribution in [0.15, 0.2) is 30.0 Å². The van der Waals surface area contributed by atoms with Crippen LogP contribution in [-0.2, 0) is 9.53 Å². The van der Waals surface area contributed by atoms with E-state index < -0.39 is 5.82 Å². The summed E-state index contributed by atoms with van der Waals surface area (Å²) in [6.07, 6.45) is 2.86. The van der Waals surface area contributed by atoms with Gasteiger partial charge in [0.05, 0.1) is 18.3 Å². The summed E-state index contributed by atoms with van der Waals surface area (Å²) in [7, 11) is 0. The normalized spacial score (nSPS) is 18.3. The van der Waals surface area contributed by atoms with Crippen molar-refractivity contribution in [2.45, 2.75) is 32.1 Å². The molecule has 0 bridgehead atoms. The van der Waals surface area contributed by atoms with Crippen molar-refractivity contribution < 1.29 is 23.8 Å². The zero-order valence-corrected chi connectivity index (χ0v) is 18.1. The molecule has 0 unspecified atom stereocenters. The fraction of sp³-hybridized carbons (Fsp3) is 0.476. The summed E-state index contributed by atoms with van der Waals surface area (Å²) in [5.41, 5.74) is 0.604. The SMILES string of the molecule is C/C(=C/N[C@H]1CC[C@@H](CO)O1)C(=O)NCCSCCNC(=O)c1ccc(F)c(C#N)c1. The lowest BCUT2D eigenvalue weighted by molar-refractivity contribution is -0.117. The van der Waals surface area contributed by atoms with E-state index in [9.17, 15) is 14.0 Å². The lowest BCUT2D eigenvalue weighted by atomic mass is 10.1. The van der Waals surface area contributed by atoms with Gasteiger partial charge in [-0.25, -0.2) is 4.39 Å². The molecular formula is C21H27FN4O4S. The monoisotopic (exact) mass is 450 g/mol. The molecule has 0 aliphatic carbocycles. The van der Waals surface area contributed by atoms with Gasteiger partial charge in [0.1, 0.15) is 18.1 Å². The minimum Gasteiger partial charge on any atom is -0.394 e. The van der Waals surface area contributed by atoms with Gasteiger partial charge in [-0.15, -0.1) is 0 Å². The Morgan fingerprint density at radius 2 is 2.06 bits per heavy atom. The highest BCUT2D eigenvalue weighted by molar-refractivity contribution is 7.99. The quantitative estimate of drug-likeness (QED) is 0.296. The van der Waals surface area contributed by atoms with E-state index in [4.69, 9.17) is 15.1 Å². The number of aliphatic hydroxyl groups excluding tert-OH is 1.